The molecular formula is C68H132O17P2. The summed E-state index contributed by atoms with van der Waals surface area (Å²) < 4.78 is 68.0. The topological polar surface area (TPSA) is 237 Å². The molecule has 0 bridgehead atoms. The summed E-state index contributed by atoms with van der Waals surface area (Å²) in [5.74, 6) is -2.14. The highest BCUT2D eigenvalue weighted by Gasteiger charge is 2.30. The molecule has 0 aliphatic heterocycles. The van der Waals surface area contributed by atoms with E-state index in [1.165, 1.54) is 180 Å². The lowest BCUT2D eigenvalue weighted by Gasteiger charge is -2.21. The van der Waals surface area contributed by atoms with Gasteiger partial charge in [0.15, 0.2) is 12.2 Å². The summed E-state index contributed by atoms with van der Waals surface area (Å²) in [5, 5.41) is 10.5. The minimum atomic E-state index is -4.95. The maximum absolute atomic E-state index is 13.0. The molecular weight excluding hydrogens is 1150 g/mol. The molecule has 17 nitrogen and oxygen atoms in total. The molecule has 19 heteroatoms. The summed E-state index contributed by atoms with van der Waals surface area (Å²) >= 11 is 0. The van der Waals surface area contributed by atoms with Crippen LogP contribution >= 0.6 is 15.6 Å². The van der Waals surface area contributed by atoms with Gasteiger partial charge >= 0.3 is 39.5 Å². The van der Waals surface area contributed by atoms with E-state index < -0.39 is 97.5 Å². The molecule has 0 aromatic rings. The molecule has 0 aliphatic carbocycles. The van der Waals surface area contributed by atoms with Gasteiger partial charge in [-0.1, -0.05) is 304 Å². The second-order valence-corrected chi connectivity index (χ2v) is 27.5. The van der Waals surface area contributed by atoms with Crippen LogP contribution in [0.25, 0.3) is 0 Å². The molecule has 0 spiro atoms. The van der Waals surface area contributed by atoms with Gasteiger partial charge in [-0.15, -0.1) is 0 Å². The highest BCUT2D eigenvalue weighted by molar-refractivity contribution is 7.47. The third-order valence-electron chi connectivity index (χ3n) is 15.9. The van der Waals surface area contributed by atoms with E-state index in [2.05, 4.69) is 27.7 Å². The van der Waals surface area contributed by atoms with Crippen LogP contribution in [-0.2, 0) is 65.4 Å². The maximum Gasteiger partial charge on any atom is 0.472 e. The standard InChI is InChI=1S/C68H132O17P2/c1-5-9-13-17-20-23-26-28-29-30-31-32-33-35-37-40-43-47-51-55-68(73)85-64(59-79-66(71)53-49-45-41-39-36-34-27-24-21-18-14-10-6-2)61-83-87(76,77)81-57-62(69)56-80-86(74,75)82-60-63(58-78-65(70)52-48-44-16-12-8-4)84-67(72)54-50-46-42-38-25-22-19-15-11-7-3/h62-64,69H,5-61H2,1-4H3,(H,74,75)(H,76,77)/t62-,63+,64+/m0/s1. The van der Waals surface area contributed by atoms with Gasteiger partial charge in [0, 0.05) is 25.7 Å². The van der Waals surface area contributed by atoms with Gasteiger partial charge in [-0.05, 0) is 25.7 Å². The molecule has 0 heterocycles. The Kier molecular flexibility index (Phi) is 61.4. The zero-order valence-corrected chi connectivity index (χ0v) is 57.8. The van der Waals surface area contributed by atoms with Crippen LogP contribution in [0.3, 0.4) is 0 Å². The SMILES string of the molecule is CCCCCCCCCCCCCCCCCCCCCC(=O)O[C@H](COC(=O)CCCCCCCCCCCCCCC)COP(=O)(O)OC[C@@H](O)COP(=O)(O)OC[C@@H](COC(=O)CCCCCCC)OC(=O)CCCCCCCCCCCC. The first-order chi connectivity index (χ1) is 42.2. The molecule has 0 aromatic carbocycles. The van der Waals surface area contributed by atoms with Gasteiger partial charge in [0.2, 0.25) is 0 Å². The Morgan fingerprint density at radius 3 is 0.678 bits per heavy atom. The predicted octanol–water partition coefficient (Wildman–Crippen LogP) is 19.5. The Hall–Kier alpha value is -1.94. The molecule has 2 unspecified atom stereocenters. The van der Waals surface area contributed by atoms with Crippen LogP contribution in [0.4, 0.5) is 0 Å². The van der Waals surface area contributed by atoms with Crippen molar-refractivity contribution in [1.82, 2.24) is 0 Å². The van der Waals surface area contributed by atoms with Gasteiger partial charge in [-0.25, -0.2) is 9.13 Å². The fraction of sp³-hybridized carbons (Fsp3) is 0.941. The summed E-state index contributed by atoms with van der Waals surface area (Å²) in [6, 6.07) is 0. The first kappa shape index (κ1) is 85.1. The second-order valence-electron chi connectivity index (χ2n) is 24.6. The van der Waals surface area contributed by atoms with Gasteiger partial charge in [0.25, 0.3) is 0 Å². The van der Waals surface area contributed by atoms with E-state index in [0.717, 1.165) is 96.3 Å². The molecule has 0 aliphatic rings. The molecule has 0 radical (unpaired) electrons. The fourth-order valence-corrected chi connectivity index (χ4v) is 11.9. The van der Waals surface area contributed by atoms with Crippen molar-refractivity contribution in [3.8, 4) is 0 Å². The Morgan fingerprint density at radius 1 is 0.276 bits per heavy atom. The summed E-state index contributed by atoms with van der Waals surface area (Å²) in [6.07, 6.45) is 50.3. The monoisotopic (exact) mass is 1280 g/mol. The van der Waals surface area contributed by atoms with Gasteiger partial charge < -0.3 is 33.8 Å². The quantitative estimate of drug-likeness (QED) is 0.0222. The number of phosphoric acid groups is 2. The Morgan fingerprint density at radius 2 is 0.460 bits per heavy atom. The third-order valence-corrected chi connectivity index (χ3v) is 17.8. The molecule has 0 amide bonds. The minimum Gasteiger partial charge on any atom is -0.462 e. The van der Waals surface area contributed by atoms with Crippen LogP contribution in [0.1, 0.15) is 355 Å². The van der Waals surface area contributed by atoms with Gasteiger partial charge in [-0.2, -0.15) is 0 Å². The number of carbonyl (C=O) groups is 4. The number of hydrogen-bond donors (Lipinski definition) is 3. The number of esters is 4. The minimum absolute atomic E-state index is 0.106. The average molecular weight is 1280 g/mol. The van der Waals surface area contributed by atoms with E-state index in [4.69, 9.17) is 37.0 Å². The fourth-order valence-electron chi connectivity index (χ4n) is 10.3. The van der Waals surface area contributed by atoms with Crippen LogP contribution in [-0.4, -0.2) is 96.7 Å². The number of aliphatic hydroxyl groups is 1. The highest BCUT2D eigenvalue weighted by Crippen LogP contribution is 2.45. The molecule has 0 saturated heterocycles. The number of hydrogen-bond acceptors (Lipinski definition) is 15. The number of phosphoric ester groups is 2. The van der Waals surface area contributed by atoms with Crippen LogP contribution in [0.5, 0.6) is 0 Å². The maximum atomic E-state index is 13.0. The third kappa shape index (κ3) is 62.6. The van der Waals surface area contributed by atoms with Crippen molar-refractivity contribution in [3.63, 3.8) is 0 Å². The molecule has 0 saturated carbocycles. The number of unbranched alkanes of at least 4 members (excludes halogenated alkanes) is 43. The Labute approximate surface area is 530 Å². The summed E-state index contributed by atoms with van der Waals surface area (Å²) in [6.45, 7) is 4.83. The predicted molar refractivity (Wildman–Crippen MR) is 349 cm³/mol. The number of ether oxygens (including phenoxy) is 4. The van der Waals surface area contributed by atoms with Crippen molar-refractivity contribution in [2.24, 2.45) is 0 Å². The van der Waals surface area contributed by atoms with Gasteiger partial charge in [-0.3, -0.25) is 37.3 Å². The largest absolute Gasteiger partial charge is 0.472 e. The summed E-state index contributed by atoms with van der Waals surface area (Å²) in [4.78, 5) is 72.1. The smallest absolute Gasteiger partial charge is 0.462 e. The zero-order chi connectivity index (χ0) is 64.0. The van der Waals surface area contributed by atoms with Gasteiger partial charge in [0.1, 0.15) is 19.3 Å². The molecule has 516 valence electrons. The lowest BCUT2D eigenvalue weighted by Crippen LogP contribution is -2.30. The van der Waals surface area contributed by atoms with Crippen LogP contribution in [0.15, 0.2) is 0 Å². The summed E-state index contributed by atoms with van der Waals surface area (Å²) in [5.41, 5.74) is 0. The van der Waals surface area contributed by atoms with Crippen molar-refractivity contribution in [2.45, 2.75) is 373 Å². The van der Waals surface area contributed by atoms with Crippen molar-refractivity contribution in [2.75, 3.05) is 39.6 Å². The van der Waals surface area contributed by atoms with Crippen molar-refractivity contribution >= 4 is 39.5 Å². The molecule has 0 aromatic heterocycles. The lowest BCUT2D eigenvalue weighted by molar-refractivity contribution is -0.161. The van der Waals surface area contributed by atoms with E-state index in [1.807, 2.05) is 0 Å². The number of aliphatic hydroxyl groups excluding tert-OH is 1. The number of carbonyl (C=O) groups excluding carboxylic acids is 4. The Balaban J connectivity index is 5.13. The van der Waals surface area contributed by atoms with Crippen LogP contribution in [0, 0.1) is 0 Å². The zero-order valence-electron chi connectivity index (χ0n) is 56.0. The molecule has 3 N–H and O–H groups in total. The first-order valence-corrected chi connectivity index (χ1v) is 38.8. The normalized spacial score (nSPS) is 14.1. The Bertz CT molecular complexity index is 1670. The highest BCUT2D eigenvalue weighted by atomic mass is 31.2. The first-order valence-electron chi connectivity index (χ1n) is 35.8. The van der Waals surface area contributed by atoms with E-state index in [1.54, 1.807) is 0 Å². The van der Waals surface area contributed by atoms with Crippen LogP contribution in [0.2, 0.25) is 0 Å². The lowest BCUT2D eigenvalue weighted by atomic mass is 10.0. The number of rotatable bonds is 69. The van der Waals surface area contributed by atoms with E-state index >= 15 is 0 Å². The van der Waals surface area contributed by atoms with E-state index in [0.29, 0.717) is 25.7 Å². The van der Waals surface area contributed by atoms with Crippen molar-refractivity contribution in [1.29, 1.82) is 0 Å². The molecule has 87 heavy (non-hydrogen) atoms. The molecule has 0 rings (SSSR count). The molecule has 0 fully saturated rings. The van der Waals surface area contributed by atoms with Gasteiger partial charge in [0.05, 0.1) is 26.4 Å². The summed E-state index contributed by atoms with van der Waals surface area (Å²) in [7, 11) is -9.88. The average Bonchev–Trinajstić information content (AvgIpc) is 3.56. The van der Waals surface area contributed by atoms with E-state index in [9.17, 15) is 43.2 Å². The second kappa shape index (κ2) is 62.8. The van der Waals surface area contributed by atoms with Crippen molar-refractivity contribution < 1.29 is 80.2 Å². The van der Waals surface area contributed by atoms with Crippen molar-refractivity contribution in [3.05, 3.63) is 0 Å². The molecule has 5 atom stereocenters. The van der Waals surface area contributed by atoms with Crippen LogP contribution < -0.4 is 0 Å². The van der Waals surface area contributed by atoms with E-state index in [-0.39, 0.29) is 25.7 Å².